The molecular weight excluding hydrogens is 190 g/mol. The van der Waals surface area contributed by atoms with E-state index < -0.39 is 11.4 Å². The summed E-state index contributed by atoms with van der Waals surface area (Å²) in [5, 5.41) is 10.7. The van der Waals surface area contributed by atoms with Crippen LogP contribution in [0.3, 0.4) is 0 Å². The Kier molecular flexibility index (Phi) is 2.56. The van der Waals surface area contributed by atoms with Crippen LogP contribution in [0.25, 0.3) is 0 Å². The van der Waals surface area contributed by atoms with Crippen LogP contribution >= 0.6 is 11.5 Å². The number of ether oxygens (including phenoxy) is 1. The normalized spacial score (nSPS) is 11.3. The van der Waals surface area contributed by atoms with Crippen LogP contribution in [0.1, 0.15) is 19.4 Å². The molecule has 0 amide bonds. The Morgan fingerprint density at radius 1 is 1.69 bits per heavy atom. The highest BCUT2D eigenvalue weighted by Gasteiger charge is 2.33. The summed E-state index contributed by atoms with van der Waals surface area (Å²) >= 11 is 1.20. The molecule has 4 nitrogen and oxygen atoms in total. The second kappa shape index (κ2) is 3.33. The van der Waals surface area contributed by atoms with E-state index in [0.717, 1.165) is 0 Å². The third-order valence-corrected chi connectivity index (χ3v) is 2.55. The minimum absolute atomic E-state index is 0.400. The predicted octanol–water partition coefficient (Wildman–Crippen LogP) is 1.51. The average Bonchev–Trinajstić information content (AvgIpc) is 2.51. The molecule has 1 N–H and O–H groups in total. The molecule has 1 heterocycles. The number of carboxylic acid groups (broad SMARTS) is 1. The number of nitrogens with zero attached hydrogens (tertiary/aromatic N) is 1. The maximum Gasteiger partial charge on any atom is 0.313 e. The van der Waals surface area contributed by atoms with E-state index in [1.54, 1.807) is 19.2 Å². The van der Waals surface area contributed by atoms with Crippen molar-refractivity contribution in [1.29, 1.82) is 0 Å². The lowest BCUT2D eigenvalue weighted by Gasteiger charge is -2.17. The van der Waals surface area contributed by atoms with Gasteiger partial charge in [0.2, 0.25) is 5.88 Å². The SMILES string of the molecule is COc1nscc1C(C)(C)C(=O)O. The van der Waals surface area contributed by atoms with Gasteiger partial charge in [-0.15, -0.1) is 0 Å². The molecule has 0 saturated carbocycles. The third kappa shape index (κ3) is 1.65. The van der Waals surface area contributed by atoms with Gasteiger partial charge in [0, 0.05) is 10.9 Å². The molecule has 0 aliphatic carbocycles. The lowest BCUT2D eigenvalue weighted by atomic mass is 9.87. The van der Waals surface area contributed by atoms with Crippen LogP contribution in [0.15, 0.2) is 5.38 Å². The number of aromatic nitrogens is 1. The molecule has 72 valence electrons. The van der Waals surface area contributed by atoms with Crippen molar-refractivity contribution in [2.24, 2.45) is 0 Å². The first-order valence-electron chi connectivity index (χ1n) is 3.72. The maximum atomic E-state index is 10.9. The fourth-order valence-electron chi connectivity index (χ4n) is 0.904. The molecule has 0 aliphatic heterocycles. The number of methoxy groups -OCH3 is 1. The van der Waals surface area contributed by atoms with E-state index in [1.807, 2.05) is 0 Å². The highest BCUT2D eigenvalue weighted by Crippen LogP contribution is 2.32. The Labute approximate surface area is 80.3 Å². The molecular formula is C8H11NO3S. The first-order valence-corrected chi connectivity index (χ1v) is 4.56. The van der Waals surface area contributed by atoms with Gasteiger partial charge in [-0.2, -0.15) is 4.37 Å². The van der Waals surface area contributed by atoms with E-state index in [2.05, 4.69) is 4.37 Å². The van der Waals surface area contributed by atoms with Gasteiger partial charge in [-0.25, -0.2) is 0 Å². The first kappa shape index (κ1) is 9.98. The second-order valence-electron chi connectivity index (χ2n) is 3.17. The lowest BCUT2D eigenvalue weighted by Crippen LogP contribution is -2.28. The Bertz CT molecular complexity index is 319. The van der Waals surface area contributed by atoms with Gasteiger partial charge in [0.15, 0.2) is 0 Å². The Hall–Kier alpha value is -1.10. The molecule has 0 aromatic carbocycles. The van der Waals surface area contributed by atoms with Crippen molar-refractivity contribution in [1.82, 2.24) is 4.37 Å². The van der Waals surface area contributed by atoms with Gasteiger partial charge in [-0.3, -0.25) is 4.79 Å². The van der Waals surface area contributed by atoms with Crippen LogP contribution in [-0.2, 0) is 10.2 Å². The number of rotatable bonds is 3. The summed E-state index contributed by atoms with van der Waals surface area (Å²) in [4.78, 5) is 10.9. The highest BCUT2D eigenvalue weighted by molar-refractivity contribution is 7.03. The van der Waals surface area contributed by atoms with Crippen LogP contribution in [0.4, 0.5) is 0 Å². The van der Waals surface area contributed by atoms with Crippen molar-refractivity contribution in [3.05, 3.63) is 10.9 Å². The molecule has 0 unspecified atom stereocenters. The summed E-state index contributed by atoms with van der Waals surface area (Å²) in [5.74, 6) is -0.483. The highest BCUT2D eigenvalue weighted by atomic mass is 32.1. The van der Waals surface area contributed by atoms with E-state index in [9.17, 15) is 4.79 Å². The smallest absolute Gasteiger partial charge is 0.313 e. The molecule has 0 bridgehead atoms. The van der Waals surface area contributed by atoms with Crippen molar-refractivity contribution >= 4 is 17.5 Å². The topological polar surface area (TPSA) is 59.4 Å². The summed E-state index contributed by atoms with van der Waals surface area (Å²) in [5.41, 5.74) is -0.328. The Balaban J connectivity index is 3.13. The molecule has 1 rings (SSSR count). The van der Waals surface area contributed by atoms with Crippen LogP contribution in [0.2, 0.25) is 0 Å². The van der Waals surface area contributed by atoms with Crippen LogP contribution in [0.5, 0.6) is 5.88 Å². The monoisotopic (exact) mass is 201 g/mol. The number of carboxylic acids is 1. The number of hydrogen-bond acceptors (Lipinski definition) is 4. The van der Waals surface area contributed by atoms with E-state index in [0.29, 0.717) is 11.4 Å². The van der Waals surface area contributed by atoms with E-state index in [4.69, 9.17) is 9.84 Å². The average molecular weight is 201 g/mol. The molecule has 1 aromatic heterocycles. The van der Waals surface area contributed by atoms with Crippen molar-refractivity contribution in [2.45, 2.75) is 19.3 Å². The van der Waals surface area contributed by atoms with Crippen LogP contribution < -0.4 is 4.74 Å². The molecule has 13 heavy (non-hydrogen) atoms. The second-order valence-corrected chi connectivity index (χ2v) is 3.80. The van der Waals surface area contributed by atoms with Gasteiger partial charge in [-0.1, -0.05) is 0 Å². The zero-order valence-electron chi connectivity index (χ0n) is 7.70. The van der Waals surface area contributed by atoms with Crippen molar-refractivity contribution in [2.75, 3.05) is 7.11 Å². The summed E-state index contributed by atoms with van der Waals surface area (Å²) in [6.07, 6.45) is 0. The van der Waals surface area contributed by atoms with Gasteiger partial charge in [0.05, 0.1) is 12.5 Å². The zero-order valence-corrected chi connectivity index (χ0v) is 8.51. The van der Waals surface area contributed by atoms with Gasteiger partial charge in [0.1, 0.15) is 0 Å². The van der Waals surface area contributed by atoms with Gasteiger partial charge in [-0.05, 0) is 25.4 Å². The maximum absolute atomic E-state index is 10.9. The Morgan fingerprint density at radius 3 is 2.77 bits per heavy atom. The van der Waals surface area contributed by atoms with Crippen LogP contribution in [-0.4, -0.2) is 22.6 Å². The molecule has 0 saturated heterocycles. The molecule has 0 atom stereocenters. The number of hydrogen-bond donors (Lipinski definition) is 1. The van der Waals surface area contributed by atoms with Gasteiger partial charge < -0.3 is 9.84 Å². The summed E-state index contributed by atoms with van der Waals surface area (Å²) in [6.45, 7) is 3.25. The van der Waals surface area contributed by atoms with E-state index in [1.165, 1.54) is 18.6 Å². The van der Waals surface area contributed by atoms with E-state index in [-0.39, 0.29) is 0 Å². The fraction of sp³-hybridized carbons (Fsp3) is 0.500. The molecule has 0 spiro atoms. The number of carbonyl (C=O) groups is 1. The largest absolute Gasteiger partial charge is 0.481 e. The summed E-state index contributed by atoms with van der Waals surface area (Å²) < 4.78 is 8.90. The molecule has 0 aliphatic rings. The quantitative estimate of drug-likeness (QED) is 0.805. The first-order chi connectivity index (χ1) is 6.00. The predicted molar refractivity (Wildman–Crippen MR) is 49.3 cm³/mol. The minimum Gasteiger partial charge on any atom is -0.481 e. The van der Waals surface area contributed by atoms with Gasteiger partial charge in [0.25, 0.3) is 0 Å². The zero-order chi connectivity index (χ0) is 10.1. The molecule has 5 heteroatoms. The van der Waals surface area contributed by atoms with Crippen molar-refractivity contribution in [3.8, 4) is 5.88 Å². The van der Waals surface area contributed by atoms with Crippen molar-refractivity contribution < 1.29 is 14.6 Å². The summed E-state index contributed by atoms with van der Waals surface area (Å²) in [7, 11) is 1.48. The molecule has 0 radical (unpaired) electrons. The molecule has 1 aromatic rings. The number of aliphatic carboxylic acids is 1. The summed E-state index contributed by atoms with van der Waals surface area (Å²) in [6, 6.07) is 0. The van der Waals surface area contributed by atoms with Gasteiger partial charge >= 0.3 is 5.97 Å². The fourth-order valence-corrected chi connectivity index (χ4v) is 1.73. The molecule has 0 fully saturated rings. The lowest BCUT2D eigenvalue weighted by molar-refractivity contribution is -0.142. The third-order valence-electron chi connectivity index (χ3n) is 1.94. The Morgan fingerprint density at radius 2 is 2.31 bits per heavy atom. The standard InChI is InChI=1S/C8H11NO3S/c1-8(2,7(10)11)5-4-13-9-6(5)12-3/h4H,1-3H3,(H,10,11). The van der Waals surface area contributed by atoms with Crippen LogP contribution in [0, 0.1) is 0 Å². The van der Waals surface area contributed by atoms with E-state index >= 15 is 0 Å². The minimum atomic E-state index is -0.946. The van der Waals surface area contributed by atoms with Crippen molar-refractivity contribution in [3.63, 3.8) is 0 Å².